The number of fused-ring (bicyclic) bond motifs is 1. The van der Waals surface area contributed by atoms with Crippen molar-refractivity contribution in [2.24, 2.45) is 0 Å². The summed E-state index contributed by atoms with van der Waals surface area (Å²) >= 11 is 0. The Kier molecular flexibility index (Phi) is 5.65. The topological polar surface area (TPSA) is 109 Å². The summed E-state index contributed by atoms with van der Waals surface area (Å²) in [6.45, 7) is 1.97. The van der Waals surface area contributed by atoms with Gasteiger partial charge in [-0.2, -0.15) is 0 Å². The van der Waals surface area contributed by atoms with Crippen LogP contribution < -0.4 is 20.3 Å². The van der Waals surface area contributed by atoms with Crippen LogP contribution in [0.15, 0.2) is 59.7 Å². The van der Waals surface area contributed by atoms with Gasteiger partial charge in [0, 0.05) is 17.3 Å². The number of carbonyl (C=O) groups excluding carboxylic acids is 2. The number of hydrogen-bond donors (Lipinski definition) is 1. The molecular formula is C22H19N3O6. The lowest BCUT2D eigenvalue weighted by atomic mass is 10.1. The normalized spacial score (nSPS) is 11.8. The molecule has 0 unspecified atom stereocenters. The average Bonchev–Trinajstić information content (AvgIpc) is 3.24. The summed E-state index contributed by atoms with van der Waals surface area (Å²) in [4.78, 5) is 40.7. The Balaban J connectivity index is 1.42. The van der Waals surface area contributed by atoms with E-state index in [0.717, 1.165) is 0 Å². The van der Waals surface area contributed by atoms with Crippen LogP contribution in [-0.2, 0) is 16.1 Å². The lowest BCUT2D eigenvalue weighted by molar-refractivity contribution is -0.116. The van der Waals surface area contributed by atoms with Crippen LogP contribution >= 0.6 is 0 Å². The minimum absolute atomic E-state index is 0.161. The Bertz CT molecular complexity index is 1190. The van der Waals surface area contributed by atoms with Gasteiger partial charge in [-0.3, -0.25) is 14.2 Å². The number of anilines is 1. The van der Waals surface area contributed by atoms with Gasteiger partial charge in [0.2, 0.25) is 12.7 Å². The molecule has 0 bridgehead atoms. The van der Waals surface area contributed by atoms with Crippen molar-refractivity contribution in [3.05, 3.63) is 70.8 Å². The number of benzene rings is 2. The van der Waals surface area contributed by atoms with Crippen LogP contribution in [0.3, 0.4) is 0 Å². The minimum Gasteiger partial charge on any atom is -0.462 e. The first-order chi connectivity index (χ1) is 15.0. The molecule has 1 aliphatic rings. The second kappa shape index (κ2) is 8.70. The Hall–Kier alpha value is -4.14. The van der Waals surface area contributed by atoms with Crippen LogP contribution in [0.2, 0.25) is 0 Å². The summed E-state index contributed by atoms with van der Waals surface area (Å²) in [6, 6.07) is 12.9. The molecule has 158 valence electrons. The number of hydrogen-bond acceptors (Lipinski definition) is 7. The van der Waals surface area contributed by atoms with Crippen molar-refractivity contribution >= 4 is 17.6 Å². The molecule has 2 heterocycles. The largest absolute Gasteiger partial charge is 0.462 e. The maximum absolute atomic E-state index is 12.5. The van der Waals surface area contributed by atoms with Gasteiger partial charge >= 0.3 is 5.97 Å². The molecule has 0 spiro atoms. The zero-order chi connectivity index (χ0) is 21.8. The summed E-state index contributed by atoms with van der Waals surface area (Å²) in [5, 5.41) is 2.68. The van der Waals surface area contributed by atoms with Gasteiger partial charge in [0.25, 0.3) is 5.56 Å². The molecule has 2 aromatic carbocycles. The van der Waals surface area contributed by atoms with E-state index in [0.29, 0.717) is 34.0 Å². The number of rotatable bonds is 6. The number of aromatic nitrogens is 2. The van der Waals surface area contributed by atoms with E-state index in [1.165, 1.54) is 17.0 Å². The number of carbonyl (C=O) groups is 2. The molecule has 0 saturated carbocycles. The quantitative estimate of drug-likeness (QED) is 0.609. The fourth-order valence-corrected chi connectivity index (χ4v) is 3.02. The fraction of sp³-hybridized carbons (Fsp3) is 0.182. The van der Waals surface area contributed by atoms with E-state index >= 15 is 0 Å². The van der Waals surface area contributed by atoms with Crippen molar-refractivity contribution in [1.82, 2.24) is 9.55 Å². The first-order valence-electron chi connectivity index (χ1n) is 9.57. The van der Waals surface area contributed by atoms with Crippen LogP contribution in [0.5, 0.6) is 11.5 Å². The standard InChI is InChI=1S/C22H19N3O6/c1-2-29-22(28)14-3-6-16(7-4-14)24-20(26)11-25-12-23-17(10-21(25)27)15-5-8-18-19(9-15)31-13-30-18/h3-10,12H,2,11,13H2,1H3,(H,24,26). The van der Waals surface area contributed by atoms with Gasteiger partial charge in [0.1, 0.15) is 6.54 Å². The van der Waals surface area contributed by atoms with Crippen molar-refractivity contribution in [3.8, 4) is 22.8 Å². The summed E-state index contributed by atoms with van der Waals surface area (Å²) in [5.41, 5.74) is 1.69. The molecule has 1 aromatic heterocycles. The van der Waals surface area contributed by atoms with Gasteiger partial charge in [0.05, 0.1) is 24.2 Å². The Morgan fingerprint density at radius 1 is 1.10 bits per heavy atom. The van der Waals surface area contributed by atoms with Crippen molar-refractivity contribution in [1.29, 1.82) is 0 Å². The zero-order valence-corrected chi connectivity index (χ0v) is 16.7. The third-order valence-corrected chi connectivity index (χ3v) is 4.54. The number of ether oxygens (including phenoxy) is 3. The van der Waals surface area contributed by atoms with Crippen LogP contribution in [-0.4, -0.2) is 34.8 Å². The molecule has 0 fully saturated rings. The van der Waals surface area contributed by atoms with Crippen LogP contribution in [0.4, 0.5) is 5.69 Å². The SMILES string of the molecule is CCOC(=O)c1ccc(NC(=O)Cn2cnc(-c3ccc4c(c3)OCO4)cc2=O)cc1. The summed E-state index contributed by atoms with van der Waals surface area (Å²) < 4.78 is 16.7. The first-order valence-corrected chi connectivity index (χ1v) is 9.57. The van der Waals surface area contributed by atoms with Crippen LogP contribution in [0, 0.1) is 0 Å². The second-order valence-electron chi connectivity index (χ2n) is 6.65. The van der Waals surface area contributed by atoms with Gasteiger partial charge in [0.15, 0.2) is 11.5 Å². The molecule has 31 heavy (non-hydrogen) atoms. The zero-order valence-electron chi connectivity index (χ0n) is 16.7. The van der Waals surface area contributed by atoms with Crippen molar-refractivity contribution in [3.63, 3.8) is 0 Å². The summed E-state index contributed by atoms with van der Waals surface area (Å²) in [6.07, 6.45) is 1.33. The molecule has 1 amide bonds. The molecule has 3 aromatic rings. The van der Waals surface area contributed by atoms with E-state index in [1.807, 2.05) is 0 Å². The summed E-state index contributed by atoms with van der Waals surface area (Å²) in [5.74, 6) is 0.407. The highest BCUT2D eigenvalue weighted by Crippen LogP contribution is 2.35. The third kappa shape index (κ3) is 4.55. The number of esters is 1. The minimum atomic E-state index is -0.430. The monoisotopic (exact) mass is 421 g/mol. The van der Waals surface area contributed by atoms with Gasteiger partial charge in [-0.25, -0.2) is 9.78 Å². The molecule has 0 saturated heterocycles. The highest BCUT2D eigenvalue weighted by atomic mass is 16.7. The fourth-order valence-electron chi connectivity index (χ4n) is 3.02. The predicted octanol–water partition coefficient (Wildman–Crippen LogP) is 2.45. The Morgan fingerprint density at radius 3 is 2.61 bits per heavy atom. The Morgan fingerprint density at radius 2 is 1.87 bits per heavy atom. The third-order valence-electron chi connectivity index (χ3n) is 4.54. The molecule has 1 N–H and O–H groups in total. The van der Waals surface area contributed by atoms with Gasteiger partial charge in [-0.1, -0.05) is 0 Å². The van der Waals surface area contributed by atoms with E-state index in [1.54, 1.807) is 49.4 Å². The van der Waals surface area contributed by atoms with Crippen LogP contribution in [0.25, 0.3) is 11.3 Å². The van der Waals surface area contributed by atoms with Crippen LogP contribution in [0.1, 0.15) is 17.3 Å². The summed E-state index contributed by atoms with van der Waals surface area (Å²) in [7, 11) is 0. The molecule has 9 nitrogen and oxygen atoms in total. The highest BCUT2D eigenvalue weighted by Gasteiger charge is 2.15. The molecule has 0 aliphatic carbocycles. The molecule has 0 radical (unpaired) electrons. The maximum Gasteiger partial charge on any atom is 0.338 e. The smallest absolute Gasteiger partial charge is 0.338 e. The molecule has 0 atom stereocenters. The van der Waals surface area contributed by atoms with E-state index in [-0.39, 0.29) is 25.5 Å². The molecule has 4 rings (SSSR count). The Labute approximate surface area is 177 Å². The molecule has 1 aliphatic heterocycles. The van der Waals surface area contributed by atoms with Crippen molar-refractivity contribution in [2.45, 2.75) is 13.5 Å². The maximum atomic E-state index is 12.5. The van der Waals surface area contributed by atoms with E-state index in [4.69, 9.17) is 14.2 Å². The average molecular weight is 421 g/mol. The second-order valence-corrected chi connectivity index (χ2v) is 6.65. The van der Waals surface area contributed by atoms with Gasteiger partial charge < -0.3 is 19.5 Å². The lowest BCUT2D eigenvalue weighted by Crippen LogP contribution is -2.27. The van der Waals surface area contributed by atoms with E-state index in [9.17, 15) is 14.4 Å². The predicted molar refractivity (Wildman–Crippen MR) is 111 cm³/mol. The van der Waals surface area contributed by atoms with E-state index < -0.39 is 11.9 Å². The first kappa shape index (κ1) is 20.1. The number of amides is 1. The van der Waals surface area contributed by atoms with E-state index in [2.05, 4.69) is 10.3 Å². The molecular weight excluding hydrogens is 402 g/mol. The highest BCUT2D eigenvalue weighted by molar-refractivity contribution is 5.93. The molecule has 9 heteroatoms. The number of nitrogens with one attached hydrogen (secondary N) is 1. The lowest BCUT2D eigenvalue weighted by Gasteiger charge is -2.09. The van der Waals surface area contributed by atoms with Gasteiger partial charge in [-0.05, 0) is 49.4 Å². The number of nitrogens with zero attached hydrogens (tertiary/aromatic N) is 2. The van der Waals surface area contributed by atoms with Crippen molar-refractivity contribution < 1.29 is 23.8 Å². The van der Waals surface area contributed by atoms with Crippen molar-refractivity contribution in [2.75, 3.05) is 18.7 Å². The van der Waals surface area contributed by atoms with Gasteiger partial charge in [-0.15, -0.1) is 0 Å².